The van der Waals surface area contributed by atoms with E-state index < -0.39 is 5.97 Å². The lowest BCUT2D eigenvalue weighted by molar-refractivity contribution is 0.0690. The van der Waals surface area contributed by atoms with Crippen molar-refractivity contribution in [3.63, 3.8) is 0 Å². The molecule has 1 unspecified atom stereocenters. The van der Waals surface area contributed by atoms with Crippen LogP contribution in [-0.4, -0.2) is 47.6 Å². The summed E-state index contributed by atoms with van der Waals surface area (Å²) in [6.45, 7) is 4.60. The number of hydrogen-bond acceptors (Lipinski definition) is 5. The van der Waals surface area contributed by atoms with Crippen LogP contribution in [0.2, 0.25) is 0 Å². The number of carbonyl (C=O) groups is 1. The van der Waals surface area contributed by atoms with Gasteiger partial charge in [-0.2, -0.15) is 0 Å². The van der Waals surface area contributed by atoms with Crippen LogP contribution in [0.3, 0.4) is 0 Å². The maximum atomic E-state index is 10.8. The van der Waals surface area contributed by atoms with Crippen LogP contribution < -0.4 is 5.32 Å². The third kappa shape index (κ3) is 3.18. The highest BCUT2D eigenvalue weighted by Crippen LogP contribution is 2.21. The van der Waals surface area contributed by atoms with Crippen LogP contribution in [-0.2, 0) is 0 Å². The molecular weight excluding hydrogens is 226 g/mol. The first-order valence-electron chi connectivity index (χ1n) is 5.02. The summed E-state index contributed by atoms with van der Waals surface area (Å²) in [5.74, 6) is -0.970. The molecule has 0 aliphatic carbocycles. The Labute approximate surface area is 99.1 Å². The Morgan fingerprint density at radius 3 is 2.69 bits per heavy atom. The fourth-order valence-electron chi connectivity index (χ4n) is 1.09. The number of thiazole rings is 1. The van der Waals surface area contributed by atoms with Gasteiger partial charge in [-0.1, -0.05) is 0 Å². The molecule has 1 aromatic rings. The standard InChI is InChI=1S/C10H17N3O2S/c1-6(13(3)4)5-11-10-12-8(9(14)15)7(2)16-10/h6H,5H2,1-4H3,(H,11,12)(H,14,15). The number of carboxylic acids is 1. The van der Waals surface area contributed by atoms with Crippen LogP contribution >= 0.6 is 11.3 Å². The Morgan fingerprint density at radius 2 is 2.25 bits per heavy atom. The summed E-state index contributed by atoms with van der Waals surface area (Å²) in [6, 6.07) is 0.373. The molecule has 0 aromatic carbocycles. The van der Waals surface area contributed by atoms with Gasteiger partial charge < -0.3 is 15.3 Å². The molecule has 1 heterocycles. The highest BCUT2D eigenvalue weighted by atomic mass is 32.1. The summed E-state index contributed by atoms with van der Waals surface area (Å²) in [7, 11) is 4.00. The number of nitrogens with zero attached hydrogens (tertiary/aromatic N) is 2. The fourth-order valence-corrected chi connectivity index (χ4v) is 1.90. The van der Waals surface area contributed by atoms with Gasteiger partial charge in [0.05, 0.1) is 0 Å². The second-order valence-corrected chi connectivity index (χ2v) is 5.13. The summed E-state index contributed by atoms with van der Waals surface area (Å²) in [5.41, 5.74) is 0.144. The molecule has 16 heavy (non-hydrogen) atoms. The Bertz CT molecular complexity index is 376. The van der Waals surface area contributed by atoms with E-state index >= 15 is 0 Å². The molecule has 1 rings (SSSR count). The zero-order valence-electron chi connectivity index (χ0n) is 9.94. The van der Waals surface area contributed by atoms with Crippen molar-refractivity contribution in [2.45, 2.75) is 19.9 Å². The van der Waals surface area contributed by atoms with E-state index in [1.165, 1.54) is 11.3 Å². The number of rotatable bonds is 5. The van der Waals surface area contributed by atoms with Crippen LogP contribution in [0.15, 0.2) is 0 Å². The van der Waals surface area contributed by atoms with Crippen molar-refractivity contribution in [1.29, 1.82) is 0 Å². The van der Waals surface area contributed by atoms with Crippen molar-refractivity contribution >= 4 is 22.4 Å². The number of aryl methyl sites for hydroxylation is 1. The molecule has 90 valence electrons. The molecule has 0 aliphatic rings. The molecule has 0 amide bonds. The van der Waals surface area contributed by atoms with Gasteiger partial charge in [-0.3, -0.25) is 0 Å². The van der Waals surface area contributed by atoms with Gasteiger partial charge in [0.25, 0.3) is 0 Å². The monoisotopic (exact) mass is 243 g/mol. The Balaban J connectivity index is 2.62. The van der Waals surface area contributed by atoms with Crippen LogP contribution in [0.5, 0.6) is 0 Å². The molecule has 0 fully saturated rings. The minimum absolute atomic E-state index is 0.144. The number of nitrogens with one attached hydrogen (secondary N) is 1. The van der Waals surface area contributed by atoms with Crippen molar-refractivity contribution in [2.75, 3.05) is 26.0 Å². The summed E-state index contributed by atoms with van der Waals surface area (Å²) in [5, 5.41) is 12.7. The van der Waals surface area contributed by atoms with Crippen molar-refractivity contribution in [2.24, 2.45) is 0 Å². The maximum absolute atomic E-state index is 10.8. The first-order chi connectivity index (χ1) is 7.41. The lowest BCUT2D eigenvalue weighted by Gasteiger charge is -2.19. The molecule has 0 bridgehead atoms. The molecule has 2 N–H and O–H groups in total. The van der Waals surface area contributed by atoms with Crippen molar-refractivity contribution in [3.8, 4) is 0 Å². The molecule has 1 aromatic heterocycles. The highest BCUT2D eigenvalue weighted by Gasteiger charge is 2.14. The van der Waals surface area contributed by atoms with E-state index in [1.807, 2.05) is 14.1 Å². The highest BCUT2D eigenvalue weighted by molar-refractivity contribution is 7.15. The number of aromatic nitrogens is 1. The average molecular weight is 243 g/mol. The van der Waals surface area contributed by atoms with Gasteiger partial charge in [0.15, 0.2) is 10.8 Å². The van der Waals surface area contributed by atoms with Crippen molar-refractivity contribution < 1.29 is 9.90 Å². The van der Waals surface area contributed by atoms with Crippen LogP contribution in [0.4, 0.5) is 5.13 Å². The van der Waals surface area contributed by atoms with Gasteiger partial charge in [0, 0.05) is 17.5 Å². The van der Waals surface area contributed by atoms with E-state index in [4.69, 9.17) is 5.11 Å². The van der Waals surface area contributed by atoms with Gasteiger partial charge in [-0.05, 0) is 27.9 Å². The minimum atomic E-state index is -0.970. The third-order valence-corrected chi connectivity index (χ3v) is 3.36. The lowest BCUT2D eigenvalue weighted by atomic mass is 10.3. The summed E-state index contributed by atoms with van der Waals surface area (Å²) >= 11 is 1.37. The van der Waals surface area contributed by atoms with E-state index in [9.17, 15) is 4.79 Å². The largest absolute Gasteiger partial charge is 0.476 e. The molecule has 5 nitrogen and oxygen atoms in total. The van der Waals surface area contributed by atoms with Crippen molar-refractivity contribution in [1.82, 2.24) is 9.88 Å². The molecule has 0 radical (unpaired) electrons. The SMILES string of the molecule is Cc1sc(NCC(C)N(C)C)nc1C(=O)O. The number of hydrogen-bond donors (Lipinski definition) is 2. The molecule has 0 spiro atoms. The molecular formula is C10H17N3O2S. The zero-order valence-corrected chi connectivity index (χ0v) is 10.8. The Hall–Kier alpha value is -1.14. The van der Waals surface area contributed by atoms with E-state index in [0.717, 1.165) is 11.4 Å². The maximum Gasteiger partial charge on any atom is 0.355 e. The van der Waals surface area contributed by atoms with E-state index in [2.05, 4.69) is 22.1 Å². The summed E-state index contributed by atoms with van der Waals surface area (Å²) in [4.78, 5) is 17.6. The second kappa shape index (κ2) is 5.27. The molecule has 0 saturated carbocycles. The smallest absolute Gasteiger partial charge is 0.355 e. The fraction of sp³-hybridized carbons (Fsp3) is 0.600. The number of likely N-dealkylation sites (N-methyl/N-ethyl adjacent to an activating group) is 1. The average Bonchev–Trinajstić information content (AvgIpc) is 2.56. The first-order valence-corrected chi connectivity index (χ1v) is 5.84. The number of anilines is 1. The predicted molar refractivity (Wildman–Crippen MR) is 65.4 cm³/mol. The topological polar surface area (TPSA) is 65.5 Å². The Kier molecular flexibility index (Phi) is 4.26. The van der Waals surface area contributed by atoms with Gasteiger partial charge in [-0.25, -0.2) is 9.78 Å². The Morgan fingerprint density at radius 1 is 1.62 bits per heavy atom. The normalized spacial score (nSPS) is 12.8. The summed E-state index contributed by atoms with van der Waals surface area (Å²) in [6.07, 6.45) is 0. The molecule has 0 aliphatic heterocycles. The lowest BCUT2D eigenvalue weighted by Crippen LogP contribution is -2.31. The minimum Gasteiger partial charge on any atom is -0.476 e. The van der Waals surface area contributed by atoms with Crippen LogP contribution in [0.25, 0.3) is 0 Å². The van der Waals surface area contributed by atoms with Gasteiger partial charge in [0.2, 0.25) is 0 Å². The molecule has 1 atom stereocenters. The van der Waals surface area contributed by atoms with Gasteiger partial charge >= 0.3 is 5.97 Å². The van der Waals surface area contributed by atoms with Gasteiger partial charge in [0.1, 0.15) is 0 Å². The van der Waals surface area contributed by atoms with Gasteiger partial charge in [-0.15, -0.1) is 11.3 Å². The zero-order chi connectivity index (χ0) is 12.3. The second-order valence-electron chi connectivity index (χ2n) is 3.92. The van der Waals surface area contributed by atoms with Crippen LogP contribution in [0, 0.1) is 6.92 Å². The number of carboxylic acid groups (broad SMARTS) is 1. The molecule has 6 heteroatoms. The van der Waals surface area contributed by atoms with Crippen molar-refractivity contribution in [3.05, 3.63) is 10.6 Å². The van der Waals surface area contributed by atoms with E-state index in [1.54, 1.807) is 6.92 Å². The quantitative estimate of drug-likeness (QED) is 0.820. The van der Waals surface area contributed by atoms with E-state index in [0.29, 0.717) is 11.2 Å². The predicted octanol–water partition coefficient (Wildman–Crippen LogP) is 1.51. The third-order valence-electron chi connectivity index (χ3n) is 2.43. The molecule has 0 saturated heterocycles. The van der Waals surface area contributed by atoms with Crippen LogP contribution in [0.1, 0.15) is 22.3 Å². The first kappa shape index (κ1) is 12.9. The summed E-state index contributed by atoms with van der Waals surface area (Å²) < 4.78 is 0. The van der Waals surface area contributed by atoms with E-state index in [-0.39, 0.29) is 5.69 Å². The number of aromatic carboxylic acids is 1.